The van der Waals surface area contributed by atoms with Gasteiger partial charge in [-0.1, -0.05) is 6.07 Å². The molecule has 1 aliphatic rings. The lowest BCUT2D eigenvalue weighted by Crippen LogP contribution is -2.36. The maximum atomic E-state index is 12.6. The van der Waals surface area contributed by atoms with Crippen LogP contribution in [0.25, 0.3) is 0 Å². The second-order valence-corrected chi connectivity index (χ2v) is 6.01. The van der Waals surface area contributed by atoms with Crippen molar-refractivity contribution in [2.75, 3.05) is 45.3 Å². The average Bonchev–Trinajstić information content (AvgIpc) is 2.94. The third-order valence-corrected chi connectivity index (χ3v) is 4.31. The molecule has 3 rings (SSSR count). The van der Waals surface area contributed by atoms with E-state index in [0.717, 1.165) is 30.9 Å². The van der Waals surface area contributed by atoms with Crippen molar-refractivity contribution in [3.05, 3.63) is 36.2 Å². The lowest BCUT2D eigenvalue weighted by molar-refractivity contribution is -0.130. The van der Waals surface area contributed by atoms with Crippen LogP contribution in [0.4, 0.5) is 5.82 Å². The predicted molar refractivity (Wildman–Crippen MR) is 96.5 cm³/mol. The van der Waals surface area contributed by atoms with Crippen molar-refractivity contribution in [1.82, 2.24) is 19.9 Å². The molecule has 26 heavy (non-hydrogen) atoms. The number of rotatable bonds is 5. The standard InChI is InChI=1S/C18H23N5O3/c1-25-16-12-15(20-18(21-16)26-2)22-7-4-8-23(10-9-22)17(24)11-14-5-3-6-19-13-14/h3,5-6,12-13H,4,7-11H2,1-2H3. The van der Waals surface area contributed by atoms with Crippen LogP contribution in [0.3, 0.4) is 0 Å². The highest BCUT2D eigenvalue weighted by molar-refractivity contribution is 5.78. The maximum Gasteiger partial charge on any atom is 0.321 e. The third kappa shape index (κ3) is 4.38. The second-order valence-electron chi connectivity index (χ2n) is 6.01. The van der Waals surface area contributed by atoms with Gasteiger partial charge in [0.1, 0.15) is 5.82 Å². The highest BCUT2D eigenvalue weighted by Gasteiger charge is 2.21. The summed E-state index contributed by atoms with van der Waals surface area (Å²) < 4.78 is 10.4. The van der Waals surface area contributed by atoms with E-state index in [0.29, 0.717) is 25.4 Å². The van der Waals surface area contributed by atoms with E-state index in [1.807, 2.05) is 17.0 Å². The summed E-state index contributed by atoms with van der Waals surface area (Å²) in [5, 5.41) is 0. The number of methoxy groups -OCH3 is 2. The Balaban J connectivity index is 1.65. The minimum Gasteiger partial charge on any atom is -0.481 e. The Hall–Kier alpha value is -2.90. The number of aromatic nitrogens is 3. The summed E-state index contributed by atoms with van der Waals surface area (Å²) in [5.74, 6) is 1.33. The van der Waals surface area contributed by atoms with Crippen molar-refractivity contribution >= 4 is 11.7 Å². The van der Waals surface area contributed by atoms with Crippen molar-refractivity contribution in [1.29, 1.82) is 0 Å². The molecule has 0 aliphatic carbocycles. The quantitative estimate of drug-likeness (QED) is 0.794. The van der Waals surface area contributed by atoms with Crippen molar-refractivity contribution in [3.8, 4) is 11.9 Å². The fourth-order valence-corrected chi connectivity index (χ4v) is 2.94. The number of amides is 1. The number of pyridine rings is 1. The molecule has 1 aliphatic heterocycles. The Kier molecular flexibility index (Phi) is 5.83. The van der Waals surface area contributed by atoms with E-state index in [-0.39, 0.29) is 11.9 Å². The molecule has 138 valence electrons. The van der Waals surface area contributed by atoms with Gasteiger partial charge in [-0.3, -0.25) is 9.78 Å². The van der Waals surface area contributed by atoms with Crippen LogP contribution in [0.15, 0.2) is 30.6 Å². The van der Waals surface area contributed by atoms with Gasteiger partial charge in [-0.25, -0.2) is 0 Å². The number of hydrogen-bond donors (Lipinski definition) is 0. The Morgan fingerprint density at radius 3 is 2.77 bits per heavy atom. The molecule has 0 spiro atoms. The van der Waals surface area contributed by atoms with Crippen molar-refractivity contribution in [2.24, 2.45) is 0 Å². The molecule has 0 aromatic carbocycles. The van der Waals surface area contributed by atoms with Gasteiger partial charge in [-0.15, -0.1) is 0 Å². The smallest absolute Gasteiger partial charge is 0.321 e. The molecule has 0 N–H and O–H groups in total. The molecule has 2 aromatic rings. The summed E-state index contributed by atoms with van der Waals surface area (Å²) in [7, 11) is 3.09. The van der Waals surface area contributed by atoms with E-state index in [4.69, 9.17) is 9.47 Å². The lowest BCUT2D eigenvalue weighted by atomic mass is 10.2. The van der Waals surface area contributed by atoms with E-state index in [1.54, 1.807) is 25.6 Å². The molecule has 2 aromatic heterocycles. The molecule has 3 heterocycles. The fraction of sp³-hybridized carbons (Fsp3) is 0.444. The third-order valence-electron chi connectivity index (χ3n) is 4.31. The summed E-state index contributed by atoms with van der Waals surface area (Å²) in [6.07, 6.45) is 4.69. The molecule has 0 saturated carbocycles. The van der Waals surface area contributed by atoms with Gasteiger partial charge in [0.15, 0.2) is 0 Å². The van der Waals surface area contributed by atoms with Gasteiger partial charge >= 0.3 is 6.01 Å². The number of ether oxygens (including phenoxy) is 2. The van der Waals surface area contributed by atoms with Crippen LogP contribution >= 0.6 is 0 Å². The van der Waals surface area contributed by atoms with Crippen LogP contribution in [0, 0.1) is 0 Å². The summed E-state index contributed by atoms with van der Waals surface area (Å²) in [5.41, 5.74) is 0.934. The normalized spacial score (nSPS) is 14.7. The average molecular weight is 357 g/mol. The van der Waals surface area contributed by atoms with Crippen molar-refractivity contribution < 1.29 is 14.3 Å². The van der Waals surface area contributed by atoms with Crippen molar-refractivity contribution in [3.63, 3.8) is 0 Å². The molecule has 0 unspecified atom stereocenters. The van der Waals surface area contributed by atoms with Crippen LogP contribution in [0.2, 0.25) is 0 Å². The van der Waals surface area contributed by atoms with Crippen LogP contribution in [-0.4, -0.2) is 66.2 Å². The predicted octanol–water partition coefficient (Wildman–Crippen LogP) is 1.17. The molecular formula is C18H23N5O3. The van der Waals surface area contributed by atoms with Gasteiger partial charge in [0.25, 0.3) is 0 Å². The number of nitrogens with zero attached hydrogens (tertiary/aromatic N) is 5. The zero-order chi connectivity index (χ0) is 18.4. The van der Waals surface area contributed by atoms with Crippen LogP contribution < -0.4 is 14.4 Å². The van der Waals surface area contributed by atoms with E-state index in [9.17, 15) is 4.79 Å². The zero-order valence-corrected chi connectivity index (χ0v) is 15.1. The van der Waals surface area contributed by atoms with E-state index in [1.165, 1.54) is 7.11 Å². The maximum absolute atomic E-state index is 12.6. The molecule has 0 radical (unpaired) electrons. The lowest BCUT2D eigenvalue weighted by Gasteiger charge is -2.23. The number of hydrogen-bond acceptors (Lipinski definition) is 7. The highest BCUT2D eigenvalue weighted by atomic mass is 16.5. The monoisotopic (exact) mass is 357 g/mol. The summed E-state index contributed by atoms with van der Waals surface area (Å²) in [6.45, 7) is 2.88. The molecule has 8 heteroatoms. The molecule has 1 fully saturated rings. The molecule has 1 saturated heterocycles. The van der Waals surface area contributed by atoms with Gasteiger partial charge in [-0.2, -0.15) is 9.97 Å². The Morgan fingerprint density at radius 2 is 2.04 bits per heavy atom. The Morgan fingerprint density at radius 1 is 1.15 bits per heavy atom. The van der Waals surface area contributed by atoms with Crippen LogP contribution in [0.1, 0.15) is 12.0 Å². The van der Waals surface area contributed by atoms with Crippen LogP contribution in [-0.2, 0) is 11.2 Å². The number of anilines is 1. The van der Waals surface area contributed by atoms with E-state index in [2.05, 4.69) is 19.9 Å². The largest absolute Gasteiger partial charge is 0.481 e. The molecular weight excluding hydrogens is 334 g/mol. The van der Waals surface area contributed by atoms with Crippen LogP contribution in [0.5, 0.6) is 11.9 Å². The Bertz CT molecular complexity index is 719. The molecule has 0 bridgehead atoms. The minimum absolute atomic E-state index is 0.123. The fourth-order valence-electron chi connectivity index (χ4n) is 2.94. The van der Waals surface area contributed by atoms with Crippen molar-refractivity contribution in [2.45, 2.75) is 12.8 Å². The highest BCUT2D eigenvalue weighted by Crippen LogP contribution is 2.22. The van der Waals surface area contributed by atoms with Gasteiger partial charge in [-0.05, 0) is 18.1 Å². The second kappa shape index (κ2) is 8.46. The summed E-state index contributed by atoms with van der Waals surface area (Å²) >= 11 is 0. The number of carbonyl (C=O) groups excluding carboxylic acids is 1. The molecule has 8 nitrogen and oxygen atoms in total. The first-order valence-corrected chi connectivity index (χ1v) is 8.58. The first-order valence-electron chi connectivity index (χ1n) is 8.58. The first kappa shape index (κ1) is 17.9. The summed E-state index contributed by atoms with van der Waals surface area (Å²) in [6, 6.07) is 5.83. The molecule has 0 atom stereocenters. The zero-order valence-electron chi connectivity index (χ0n) is 15.1. The summed E-state index contributed by atoms with van der Waals surface area (Å²) in [4.78, 5) is 29.2. The van der Waals surface area contributed by atoms with Gasteiger partial charge in [0.2, 0.25) is 11.8 Å². The van der Waals surface area contributed by atoms with Gasteiger partial charge in [0.05, 0.1) is 20.6 Å². The topological polar surface area (TPSA) is 80.7 Å². The first-order chi connectivity index (χ1) is 12.7. The SMILES string of the molecule is COc1cc(N2CCCN(C(=O)Cc3cccnc3)CC2)nc(OC)n1. The van der Waals surface area contributed by atoms with Gasteiger partial charge in [0, 0.05) is 44.6 Å². The van der Waals surface area contributed by atoms with E-state index >= 15 is 0 Å². The van der Waals surface area contributed by atoms with E-state index < -0.39 is 0 Å². The minimum atomic E-state index is 0.123. The Labute approximate surface area is 152 Å². The number of carbonyl (C=O) groups is 1. The van der Waals surface area contributed by atoms with Gasteiger partial charge < -0.3 is 19.3 Å². The molecule has 1 amide bonds.